The molecule has 0 heterocycles. The van der Waals surface area contributed by atoms with Crippen molar-refractivity contribution in [3.05, 3.63) is 54.3 Å². The van der Waals surface area contributed by atoms with E-state index in [1.807, 2.05) is 0 Å². The molecule has 0 radical (unpaired) electrons. The van der Waals surface area contributed by atoms with Crippen molar-refractivity contribution < 1.29 is 23.0 Å². The van der Waals surface area contributed by atoms with Gasteiger partial charge in [0.15, 0.2) is 5.60 Å². The number of ether oxygens (including phenoxy) is 1. The van der Waals surface area contributed by atoms with Crippen LogP contribution in [0, 0.1) is 0 Å². The molecule has 0 saturated heterocycles. The molecule has 0 bridgehead atoms. The summed E-state index contributed by atoms with van der Waals surface area (Å²) in [6, 6.07) is 8.46. The number of hydrogen-bond acceptors (Lipinski definition) is 2. The molecule has 1 unspecified atom stereocenters. The first-order valence-electron chi connectivity index (χ1n) is 5.31. The number of alkyl halides is 3. The summed E-state index contributed by atoms with van der Waals surface area (Å²) in [6.07, 6.45) is -2.06. The van der Waals surface area contributed by atoms with Crippen LogP contribution in [0.25, 0.3) is 0 Å². The summed E-state index contributed by atoms with van der Waals surface area (Å²) in [5, 5.41) is 9.52. The molecule has 1 atom stereocenters. The van der Waals surface area contributed by atoms with Crippen LogP contribution in [0.5, 0.6) is 5.75 Å². The summed E-state index contributed by atoms with van der Waals surface area (Å²) in [6.45, 7) is 0. The molecule has 1 aliphatic rings. The predicted molar refractivity (Wildman–Crippen MR) is 59.9 cm³/mol. The summed E-state index contributed by atoms with van der Waals surface area (Å²) in [7, 11) is 0. The Hall–Kier alpha value is -1.75. The van der Waals surface area contributed by atoms with Crippen molar-refractivity contribution in [3.63, 3.8) is 0 Å². The van der Waals surface area contributed by atoms with E-state index in [0.717, 1.165) is 12.2 Å². The van der Waals surface area contributed by atoms with Gasteiger partial charge in [-0.3, -0.25) is 0 Å². The quantitative estimate of drug-likeness (QED) is 0.880. The van der Waals surface area contributed by atoms with Crippen LogP contribution in [0.2, 0.25) is 0 Å². The molecule has 0 aromatic heterocycles. The number of allylic oxidation sites excluding steroid dienone is 2. The molecule has 0 spiro atoms. The zero-order valence-corrected chi connectivity index (χ0v) is 9.32. The van der Waals surface area contributed by atoms with Gasteiger partial charge in [-0.15, -0.1) is 0 Å². The lowest BCUT2D eigenvalue weighted by Gasteiger charge is -2.30. The summed E-state index contributed by atoms with van der Waals surface area (Å²) in [5.41, 5.74) is -2.86. The van der Waals surface area contributed by atoms with Crippen LogP contribution in [-0.2, 0) is 0 Å². The molecule has 0 fully saturated rings. The Morgan fingerprint density at radius 2 is 1.83 bits per heavy atom. The number of hydrogen-bond donors (Lipinski definition) is 1. The molecule has 0 saturated carbocycles. The molecule has 1 aromatic carbocycles. The molecule has 2 rings (SSSR count). The van der Waals surface area contributed by atoms with Crippen LogP contribution >= 0.6 is 0 Å². The standard InChI is InChI=1S/C13H11F3O2/c14-13(15,16)12(17)8-4-7-11(9-12)18-10-5-2-1-3-6-10/h1-8,17H,9H2. The summed E-state index contributed by atoms with van der Waals surface area (Å²) in [5.74, 6) is 0.507. The molecular formula is C13H11F3O2. The minimum atomic E-state index is -4.72. The second kappa shape index (κ2) is 4.49. The smallest absolute Gasteiger partial charge is 0.421 e. The van der Waals surface area contributed by atoms with Crippen LogP contribution in [0.15, 0.2) is 54.3 Å². The predicted octanol–water partition coefficient (Wildman–Crippen LogP) is 3.20. The van der Waals surface area contributed by atoms with Gasteiger partial charge in [0.1, 0.15) is 11.5 Å². The van der Waals surface area contributed by atoms with Gasteiger partial charge in [-0.2, -0.15) is 13.2 Å². The van der Waals surface area contributed by atoms with E-state index in [1.54, 1.807) is 30.3 Å². The van der Waals surface area contributed by atoms with E-state index < -0.39 is 18.2 Å². The summed E-state index contributed by atoms with van der Waals surface area (Å²) >= 11 is 0. The van der Waals surface area contributed by atoms with Crippen LogP contribution in [-0.4, -0.2) is 16.9 Å². The maximum absolute atomic E-state index is 12.7. The Balaban J connectivity index is 2.14. The molecule has 2 nitrogen and oxygen atoms in total. The Kier molecular flexibility index (Phi) is 3.17. The SMILES string of the molecule is OC1(C(F)(F)F)C=CC=C(Oc2ccccc2)C1. The van der Waals surface area contributed by atoms with E-state index in [2.05, 4.69) is 0 Å². The number of benzene rings is 1. The van der Waals surface area contributed by atoms with Gasteiger partial charge in [-0.05, 0) is 24.3 Å². The number of para-hydroxylation sites is 1. The minimum Gasteiger partial charge on any atom is -0.462 e. The fraction of sp³-hybridized carbons (Fsp3) is 0.231. The minimum absolute atomic E-state index is 0.0727. The highest BCUT2D eigenvalue weighted by Crippen LogP contribution is 2.38. The lowest BCUT2D eigenvalue weighted by Crippen LogP contribution is -2.44. The zero-order valence-electron chi connectivity index (χ0n) is 9.32. The van der Waals surface area contributed by atoms with E-state index in [1.165, 1.54) is 6.08 Å². The van der Waals surface area contributed by atoms with E-state index in [9.17, 15) is 18.3 Å². The third kappa shape index (κ3) is 2.56. The van der Waals surface area contributed by atoms with Gasteiger partial charge in [0.25, 0.3) is 0 Å². The average Bonchev–Trinajstić information content (AvgIpc) is 2.29. The van der Waals surface area contributed by atoms with Gasteiger partial charge in [-0.25, -0.2) is 0 Å². The lowest BCUT2D eigenvalue weighted by atomic mass is 9.93. The molecule has 96 valence electrons. The lowest BCUT2D eigenvalue weighted by molar-refractivity contribution is -0.240. The van der Waals surface area contributed by atoms with E-state index >= 15 is 0 Å². The third-order valence-electron chi connectivity index (χ3n) is 2.58. The van der Waals surface area contributed by atoms with E-state index in [0.29, 0.717) is 5.75 Å². The highest BCUT2D eigenvalue weighted by atomic mass is 19.4. The van der Waals surface area contributed by atoms with Crippen LogP contribution in [0.1, 0.15) is 6.42 Å². The van der Waals surface area contributed by atoms with Crippen molar-refractivity contribution in [3.8, 4) is 5.75 Å². The van der Waals surface area contributed by atoms with Crippen molar-refractivity contribution in [2.45, 2.75) is 18.2 Å². The molecule has 1 aromatic rings. The Morgan fingerprint density at radius 3 is 2.44 bits per heavy atom. The second-order valence-corrected chi connectivity index (χ2v) is 4.01. The average molecular weight is 256 g/mol. The topological polar surface area (TPSA) is 29.5 Å². The van der Waals surface area contributed by atoms with Gasteiger partial charge < -0.3 is 9.84 Å². The Bertz CT molecular complexity index is 477. The van der Waals surface area contributed by atoms with Gasteiger partial charge >= 0.3 is 6.18 Å². The fourth-order valence-electron chi connectivity index (χ4n) is 1.60. The highest BCUT2D eigenvalue weighted by molar-refractivity contribution is 5.29. The fourth-order valence-corrected chi connectivity index (χ4v) is 1.60. The third-order valence-corrected chi connectivity index (χ3v) is 2.58. The van der Waals surface area contributed by atoms with E-state index in [4.69, 9.17) is 4.74 Å². The molecule has 5 heteroatoms. The Labute approximate surface area is 102 Å². The number of aliphatic hydroxyl groups is 1. The summed E-state index contributed by atoms with van der Waals surface area (Å²) in [4.78, 5) is 0. The van der Waals surface area contributed by atoms with Gasteiger partial charge in [-0.1, -0.05) is 24.3 Å². The normalized spacial score (nSPS) is 23.7. The zero-order chi connectivity index (χ0) is 13.2. The largest absolute Gasteiger partial charge is 0.462 e. The molecule has 0 aliphatic heterocycles. The molecule has 18 heavy (non-hydrogen) atoms. The highest BCUT2D eigenvalue weighted by Gasteiger charge is 2.53. The first kappa shape index (κ1) is 12.7. The van der Waals surface area contributed by atoms with Crippen LogP contribution < -0.4 is 4.74 Å². The molecular weight excluding hydrogens is 245 g/mol. The van der Waals surface area contributed by atoms with Crippen molar-refractivity contribution in [2.24, 2.45) is 0 Å². The second-order valence-electron chi connectivity index (χ2n) is 4.01. The maximum Gasteiger partial charge on any atom is 0.421 e. The number of halogens is 3. The van der Waals surface area contributed by atoms with E-state index in [-0.39, 0.29) is 5.76 Å². The molecule has 1 aliphatic carbocycles. The summed E-state index contributed by atoms with van der Waals surface area (Å²) < 4.78 is 43.3. The van der Waals surface area contributed by atoms with Crippen LogP contribution in [0.4, 0.5) is 13.2 Å². The van der Waals surface area contributed by atoms with Gasteiger partial charge in [0.05, 0.1) is 0 Å². The molecule has 0 amide bonds. The number of rotatable bonds is 2. The monoisotopic (exact) mass is 256 g/mol. The Morgan fingerprint density at radius 1 is 1.17 bits per heavy atom. The first-order valence-corrected chi connectivity index (χ1v) is 5.31. The van der Waals surface area contributed by atoms with Gasteiger partial charge in [0, 0.05) is 6.42 Å². The first-order chi connectivity index (χ1) is 8.41. The van der Waals surface area contributed by atoms with Crippen molar-refractivity contribution in [1.29, 1.82) is 0 Å². The van der Waals surface area contributed by atoms with Crippen LogP contribution in [0.3, 0.4) is 0 Å². The molecule has 1 N–H and O–H groups in total. The van der Waals surface area contributed by atoms with Crippen molar-refractivity contribution in [2.75, 3.05) is 0 Å². The maximum atomic E-state index is 12.7. The van der Waals surface area contributed by atoms with Crippen molar-refractivity contribution in [1.82, 2.24) is 0 Å². The van der Waals surface area contributed by atoms with Gasteiger partial charge in [0.2, 0.25) is 0 Å². The van der Waals surface area contributed by atoms with Crippen molar-refractivity contribution >= 4 is 0 Å².